The maximum Gasteiger partial charge on any atom is 0.306 e. The lowest BCUT2D eigenvalue weighted by Gasteiger charge is -2.20. The minimum absolute atomic E-state index is 0.188. The number of anilines is 1. The first kappa shape index (κ1) is 15.3. The average molecular weight is 331 g/mol. The summed E-state index contributed by atoms with van der Waals surface area (Å²) in [5, 5.41) is 2.70. The fraction of sp³-hybridized carbons (Fsp3) is 0.556. The molecule has 1 heterocycles. The van der Waals surface area contributed by atoms with Crippen molar-refractivity contribution in [2.24, 2.45) is 17.8 Å². The second kappa shape index (κ2) is 6.34. The number of amides is 1. The number of carbonyl (C=O) groups excluding carboxylic acids is 2. The van der Waals surface area contributed by atoms with Gasteiger partial charge in [0.15, 0.2) is 18.1 Å². The molecule has 2 aliphatic carbocycles. The van der Waals surface area contributed by atoms with Crippen LogP contribution in [0, 0.1) is 17.8 Å². The molecule has 3 atom stereocenters. The Morgan fingerprint density at radius 1 is 1.17 bits per heavy atom. The molecule has 1 aromatic carbocycles. The third kappa shape index (κ3) is 3.18. The Hall–Kier alpha value is -2.24. The predicted octanol–water partition coefficient (Wildman–Crippen LogP) is 2.72. The molecular weight excluding hydrogens is 310 g/mol. The minimum atomic E-state index is -0.352. The van der Waals surface area contributed by atoms with Crippen LogP contribution in [-0.4, -0.2) is 25.3 Å². The van der Waals surface area contributed by atoms with Crippen molar-refractivity contribution in [1.29, 1.82) is 0 Å². The van der Waals surface area contributed by atoms with E-state index in [9.17, 15) is 9.59 Å². The number of ether oxygens (including phenoxy) is 3. The van der Waals surface area contributed by atoms with Gasteiger partial charge >= 0.3 is 5.97 Å². The normalized spacial score (nSPS) is 26.4. The molecule has 4 rings (SSSR count). The van der Waals surface area contributed by atoms with Gasteiger partial charge in [-0.15, -0.1) is 0 Å². The smallest absolute Gasteiger partial charge is 0.306 e. The Morgan fingerprint density at radius 3 is 2.83 bits per heavy atom. The van der Waals surface area contributed by atoms with Gasteiger partial charge in [0.2, 0.25) is 6.79 Å². The van der Waals surface area contributed by atoms with E-state index in [1.807, 2.05) is 0 Å². The molecule has 128 valence electrons. The largest absolute Gasteiger partial charge is 0.456 e. The molecule has 6 heteroatoms. The quantitative estimate of drug-likeness (QED) is 0.840. The summed E-state index contributed by atoms with van der Waals surface area (Å²) < 4.78 is 15.6. The van der Waals surface area contributed by atoms with Gasteiger partial charge in [0.25, 0.3) is 5.91 Å². The monoisotopic (exact) mass is 331 g/mol. The first-order chi connectivity index (χ1) is 11.7. The Labute approximate surface area is 140 Å². The van der Waals surface area contributed by atoms with Crippen LogP contribution in [0.4, 0.5) is 5.69 Å². The van der Waals surface area contributed by atoms with Crippen molar-refractivity contribution in [2.75, 3.05) is 18.7 Å². The summed E-state index contributed by atoms with van der Waals surface area (Å²) in [6.45, 7) is -0.0680. The fourth-order valence-electron chi connectivity index (χ4n) is 4.22. The predicted molar refractivity (Wildman–Crippen MR) is 85.7 cm³/mol. The van der Waals surface area contributed by atoms with E-state index < -0.39 is 0 Å². The Kier molecular flexibility index (Phi) is 4.04. The van der Waals surface area contributed by atoms with Crippen LogP contribution in [0.1, 0.15) is 32.1 Å². The third-order valence-electron chi connectivity index (χ3n) is 5.33. The van der Waals surface area contributed by atoms with E-state index in [2.05, 4.69) is 5.32 Å². The van der Waals surface area contributed by atoms with Crippen molar-refractivity contribution in [3.05, 3.63) is 18.2 Å². The summed E-state index contributed by atoms with van der Waals surface area (Å²) in [5.41, 5.74) is 0.591. The van der Waals surface area contributed by atoms with E-state index in [1.54, 1.807) is 18.2 Å². The minimum Gasteiger partial charge on any atom is -0.456 e. The number of carbonyl (C=O) groups is 2. The van der Waals surface area contributed by atoms with Gasteiger partial charge in [0.1, 0.15) is 0 Å². The van der Waals surface area contributed by atoms with Gasteiger partial charge in [0, 0.05) is 18.2 Å². The first-order valence-electron chi connectivity index (χ1n) is 8.52. The van der Waals surface area contributed by atoms with Gasteiger partial charge in [0.05, 0.1) is 0 Å². The number of nitrogens with one attached hydrogen (secondary N) is 1. The number of benzene rings is 1. The van der Waals surface area contributed by atoms with Crippen LogP contribution in [0.3, 0.4) is 0 Å². The third-order valence-corrected chi connectivity index (χ3v) is 5.33. The molecule has 2 bridgehead atoms. The molecule has 2 fully saturated rings. The number of rotatable bonds is 5. The molecule has 1 N–H and O–H groups in total. The molecule has 0 spiro atoms. The highest BCUT2D eigenvalue weighted by atomic mass is 16.7. The van der Waals surface area contributed by atoms with E-state index in [-0.39, 0.29) is 25.3 Å². The molecular formula is C18H21NO5. The highest BCUT2D eigenvalue weighted by Crippen LogP contribution is 2.49. The van der Waals surface area contributed by atoms with Crippen LogP contribution >= 0.6 is 0 Å². The standard InChI is InChI=1S/C18H21NO5/c20-17(19-14-3-4-15-16(8-14)24-10-23-15)9-22-18(21)7-13-6-11-1-2-12(13)5-11/h3-4,8,11-13H,1-2,5-7,9-10H2,(H,19,20)/t11-,12-,13-/m0/s1. The molecule has 0 aromatic heterocycles. The summed E-state index contributed by atoms with van der Waals surface area (Å²) in [4.78, 5) is 23.9. The van der Waals surface area contributed by atoms with Crippen molar-refractivity contribution >= 4 is 17.6 Å². The van der Waals surface area contributed by atoms with Crippen LogP contribution in [0.15, 0.2) is 18.2 Å². The summed E-state index contributed by atoms with van der Waals surface area (Å²) in [6.07, 6.45) is 5.41. The van der Waals surface area contributed by atoms with Crippen molar-refractivity contribution in [1.82, 2.24) is 0 Å². The number of fused-ring (bicyclic) bond motifs is 3. The van der Waals surface area contributed by atoms with Crippen LogP contribution < -0.4 is 14.8 Å². The van der Waals surface area contributed by atoms with Gasteiger partial charge in [-0.1, -0.05) is 6.42 Å². The van der Waals surface area contributed by atoms with Crippen molar-refractivity contribution in [2.45, 2.75) is 32.1 Å². The highest BCUT2D eigenvalue weighted by molar-refractivity contribution is 5.93. The second-order valence-electron chi connectivity index (χ2n) is 6.92. The lowest BCUT2D eigenvalue weighted by molar-refractivity contribution is -0.148. The van der Waals surface area contributed by atoms with Gasteiger partial charge in [-0.2, -0.15) is 0 Å². The average Bonchev–Trinajstić information content (AvgIpc) is 3.28. The number of esters is 1. The van der Waals surface area contributed by atoms with Gasteiger partial charge < -0.3 is 19.5 Å². The van der Waals surface area contributed by atoms with Crippen LogP contribution in [0.2, 0.25) is 0 Å². The zero-order valence-electron chi connectivity index (χ0n) is 13.5. The molecule has 2 saturated carbocycles. The Bertz CT molecular complexity index is 659. The van der Waals surface area contributed by atoms with Gasteiger partial charge in [-0.25, -0.2) is 0 Å². The number of hydrogen-bond acceptors (Lipinski definition) is 5. The maximum absolute atomic E-state index is 11.9. The molecule has 0 saturated heterocycles. The van der Waals surface area contributed by atoms with Crippen molar-refractivity contribution < 1.29 is 23.8 Å². The van der Waals surface area contributed by atoms with Crippen LogP contribution in [0.25, 0.3) is 0 Å². The summed E-state index contributed by atoms with van der Waals surface area (Å²) >= 11 is 0. The topological polar surface area (TPSA) is 73.9 Å². The van der Waals surface area contributed by atoms with Gasteiger partial charge in [-0.3, -0.25) is 9.59 Å². The maximum atomic E-state index is 11.9. The summed E-state index contributed by atoms with van der Waals surface area (Å²) in [7, 11) is 0. The van der Waals surface area contributed by atoms with Gasteiger partial charge in [-0.05, 0) is 49.1 Å². The SMILES string of the molecule is O=C(COC(=O)C[C@@H]1C[C@H]2CC[C@H]1C2)Nc1ccc2c(c1)OCO2. The number of hydrogen-bond donors (Lipinski definition) is 1. The molecule has 24 heavy (non-hydrogen) atoms. The summed E-state index contributed by atoms with van der Waals surface area (Å²) in [5.74, 6) is 2.58. The zero-order valence-corrected chi connectivity index (χ0v) is 13.5. The molecule has 1 aromatic rings. The Morgan fingerprint density at radius 2 is 2.04 bits per heavy atom. The lowest BCUT2D eigenvalue weighted by atomic mass is 9.86. The van der Waals surface area contributed by atoms with E-state index in [0.717, 1.165) is 12.3 Å². The van der Waals surface area contributed by atoms with Crippen LogP contribution in [-0.2, 0) is 14.3 Å². The molecule has 1 aliphatic heterocycles. The van der Waals surface area contributed by atoms with Crippen molar-refractivity contribution in [3.63, 3.8) is 0 Å². The second-order valence-corrected chi connectivity index (χ2v) is 6.92. The van der Waals surface area contributed by atoms with Crippen molar-refractivity contribution in [3.8, 4) is 11.5 Å². The van der Waals surface area contributed by atoms with E-state index >= 15 is 0 Å². The highest BCUT2D eigenvalue weighted by Gasteiger charge is 2.40. The molecule has 0 radical (unpaired) electrons. The first-order valence-corrected chi connectivity index (χ1v) is 8.52. The lowest BCUT2D eigenvalue weighted by Crippen LogP contribution is -2.23. The van der Waals surface area contributed by atoms with E-state index in [0.29, 0.717) is 35.4 Å². The summed E-state index contributed by atoms with van der Waals surface area (Å²) in [6, 6.07) is 5.15. The van der Waals surface area contributed by atoms with Crippen LogP contribution in [0.5, 0.6) is 11.5 Å². The zero-order chi connectivity index (χ0) is 16.5. The molecule has 3 aliphatic rings. The van der Waals surface area contributed by atoms with E-state index in [1.165, 1.54) is 19.3 Å². The molecule has 1 amide bonds. The fourth-order valence-corrected chi connectivity index (χ4v) is 4.22. The Balaban J connectivity index is 1.22. The molecule has 0 unspecified atom stereocenters. The molecule has 6 nitrogen and oxygen atoms in total. The van der Waals surface area contributed by atoms with E-state index in [4.69, 9.17) is 14.2 Å².